The average molecular weight is 323 g/mol. The molecule has 1 fully saturated rings. The highest BCUT2D eigenvalue weighted by molar-refractivity contribution is 9.10. The fourth-order valence-corrected chi connectivity index (χ4v) is 3.44. The molecular formula is C14H15BrN2S. The lowest BCUT2D eigenvalue weighted by Gasteiger charge is -2.00. The molecule has 0 aliphatic heterocycles. The number of aromatic nitrogens is 1. The topological polar surface area (TPSA) is 38.9 Å². The lowest BCUT2D eigenvalue weighted by atomic mass is 10.1. The molecule has 0 bridgehead atoms. The van der Waals surface area contributed by atoms with E-state index in [1.54, 1.807) is 11.3 Å². The van der Waals surface area contributed by atoms with Gasteiger partial charge in [0.15, 0.2) is 0 Å². The molecule has 0 saturated heterocycles. The highest BCUT2D eigenvalue weighted by Gasteiger charge is 2.29. The van der Waals surface area contributed by atoms with Crippen molar-refractivity contribution in [1.82, 2.24) is 4.98 Å². The zero-order valence-corrected chi connectivity index (χ0v) is 12.6. The number of halogens is 1. The Morgan fingerprint density at radius 1 is 1.44 bits per heavy atom. The molecule has 3 rings (SSSR count). The molecule has 1 aliphatic rings. The molecular weight excluding hydrogens is 308 g/mol. The third-order valence-electron chi connectivity index (χ3n) is 3.30. The first kappa shape index (κ1) is 12.3. The second kappa shape index (κ2) is 4.76. The summed E-state index contributed by atoms with van der Waals surface area (Å²) in [5.41, 5.74) is 9.49. The molecule has 1 aromatic carbocycles. The van der Waals surface area contributed by atoms with Crippen molar-refractivity contribution in [1.29, 1.82) is 0 Å². The van der Waals surface area contributed by atoms with E-state index in [1.807, 2.05) is 0 Å². The largest absolute Gasteiger partial charge is 0.326 e. The Morgan fingerprint density at radius 2 is 2.22 bits per heavy atom. The minimum Gasteiger partial charge on any atom is -0.326 e. The Kier molecular flexibility index (Phi) is 3.26. The average Bonchev–Trinajstić information content (AvgIpc) is 3.12. The van der Waals surface area contributed by atoms with Gasteiger partial charge in [0.05, 0.1) is 5.69 Å². The Bertz CT molecular complexity index is 587. The highest BCUT2D eigenvalue weighted by atomic mass is 79.9. The number of nitrogens with two attached hydrogens (primary N) is 1. The van der Waals surface area contributed by atoms with Crippen LogP contribution in [0.3, 0.4) is 0 Å². The van der Waals surface area contributed by atoms with E-state index >= 15 is 0 Å². The third kappa shape index (κ3) is 2.25. The summed E-state index contributed by atoms with van der Waals surface area (Å²) in [6.07, 6.45) is 2.54. The quantitative estimate of drug-likeness (QED) is 0.918. The van der Waals surface area contributed by atoms with Crippen molar-refractivity contribution in [3.63, 3.8) is 0 Å². The van der Waals surface area contributed by atoms with Crippen LogP contribution in [-0.2, 0) is 6.54 Å². The summed E-state index contributed by atoms with van der Waals surface area (Å²) in [6, 6.07) is 6.40. The van der Waals surface area contributed by atoms with E-state index in [1.165, 1.54) is 34.5 Å². The molecule has 0 spiro atoms. The number of rotatable bonds is 3. The number of hydrogen-bond donors (Lipinski definition) is 1. The van der Waals surface area contributed by atoms with Gasteiger partial charge in [0.1, 0.15) is 5.01 Å². The molecule has 0 unspecified atom stereocenters. The molecule has 0 atom stereocenters. The summed E-state index contributed by atoms with van der Waals surface area (Å²) < 4.78 is 1.14. The van der Waals surface area contributed by atoms with Gasteiger partial charge in [-0.15, -0.1) is 11.3 Å². The first-order valence-corrected chi connectivity index (χ1v) is 7.76. The standard InChI is InChI=1S/C14H15BrN2S/c1-8-2-3-10(6-11(8)15)14-17-13(9-4-5-9)12(7-16)18-14/h2-3,6,9H,4-5,7,16H2,1H3. The molecule has 1 aromatic heterocycles. The molecule has 1 saturated carbocycles. The molecule has 0 amide bonds. The van der Waals surface area contributed by atoms with Crippen molar-refractivity contribution in [2.75, 3.05) is 0 Å². The fourth-order valence-electron chi connectivity index (χ4n) is 2.03. The van der Waals surface area contributed by atoms with Crippen LogP contribution in [0.5, 0.6) is 0 Å². The number of aryl methyl sites for hydroxylation is 1. The van der Waals surface area contributed by atoms with E-state index in [0.29, 0.717) is 12.5 Å². The van der Waals surface area contributed by atoms with Crippen LogP contribution in [0.2, 0.25) is 0 Å². The van der Waals surface area contributed by atoms with Gasteiger partial charge in [-0.3, -0.25) is 0 Å². The molecule has 4 heteroatoms. The van der Waals surface area contributed by atoms with Gasteiger partial charge in [-0.2, -0.15) is 0 Å². The molecule has 2 N–H and O–H groups in total. The van der Waals surface area contributed by atoms with E-state index in [-0.39, 0.29) is 0 Å². The van der Waals surface area contributed by atoms with Crippen molar-refractivity contribution in [3.05, 3.63) is 38.8 Å². The zero-order valence-electron chi connectivity index (χ0n) is 10.2. The predicted octanol–water partition coefficient (Wildman–Crippen LogP) is 4.22. The Morgan fingerprint density at radius 3 is 2.83 bits per heavy atom. The van der Waals surface area contributed by atoms with Crippen LogP contribution in [0, 0.1) is 6.92 Å². The van der Waals surface area contributed by atoms with Crippen LogP contribution in [0.4, 0.5) is 0 Å². The summed E-state index contributed by atoms with van der Waals surface area (Å²) in [5.74, 6) is 0.669. The van der Waals surface area contributed by atoms with Gasteiger partial charge in [-0.25, -0.2) is 4.98 Å². The van der Waals surface area contributed by atoms with E-state index in [0.717, 1.165) is 9.48 Å². The molecule has 2 nitrogen and oxygen atoms in total. The van der Waals surface area contributed by atoms with Gasteiger partial charge in [0, 0.05) is 27.4 Å². The van der Waals surface area contributed by atoms with Gasteiger partial charge >= 0.3 is 0 Å². The number of thiazole rings is 1. The first-order valence-electron chi connectivity index (χ1n) is 6.15. The molecule has 18 heavy (non-hydrogen) atoms. The van der Waals surface area contributed by atoms with Gasteiger partial charge in [-0.05, 0) is 31.4 Å². The van der Waals surface area contributed by atoms with E-state index in [2.05, 4.69) is 41.1 Å². The third-order valence-corrected chi connectivity index (χ3v) is 5.29. The first-order chi connectivity index (χ1) is 8.69. The number of hydrogen-bond acceptors (Lipinski definition) is 3. The smallest absolute Gasteiger partial charge is 0.123 e. The Hall–Kier alpha value is -0.710. The van der Waals surface area contributed by atoms with Gasteiger partial charge in [-0.1, -0.05) is 28.1 Å². The summed E-state index contributed by atoms with van der Waals surface area (Å²) in [4.78, 5) is 6.06. The molecule has 94 valence electrons. The van der Waals surface area contributed by atoms with Crippen LogP contribution in [-0.4, -0.2) is 4.98 Å². The van der Waals surface area contributed by atoms with Gasteiger partial charge < -0.3 is 5.73 Å². The van der Waals surface area contributed by atoms with Crippen LogP contribution in [0.1, 0.15) is 34.9 Å². The van der Waals surface area contributed by atoms with Crippen molar-refractivity contribution >= 4 is 27.3 Å². The SMILES string of the molecule is Cc1ccc(-c2nc(C3CC3)c(CN)s2)cc1Br. The van der Waals surface area contributed by atoms with E-state index in [9.17, 15) is 0 Å². The Labute approximate surface area is 119 Å². The van der Waals surface area contributed by atoms with Crippen molar-refractivity contribution < 1.29 is 0 Å². The molecule has 0 radical (unpaired) electrons. The maximum Gasteiger partial charge on any atom is 0.123 e. The lowest BCUT2D eigenvalue weighted by molar-refractivity contribution is 0.980. The number of benzene rings is 1. The van der Waals surface area contributed by atoms with Crippen LogP contribution in [0.15, 0.2) is 22.7 Å². The van der Waals surface area contributed by atoms with Crippen LogP contribution >= 0.6 is 27.3 Å². The predicted molar refractivity (Wildman–Crippen MR) is 79.9 cm³/mol. The van der Waals surface area contributed by atoms with Crippen LogP contribution < -0.4 is 5.73 Å². The molecule has 2 aromatic rings. The molecule has 1 aliphatic carbocycles. The molecule has 1 heterocycles. The van der Waals surface area contributed by atoms with Crippen molar-refractivity contribution in [2.24, 2.45) is 5.73 Å². The second-order valence-corrected chi connectivity index (χ2v) is 6.71. The number of nitrogens with zero attached hydrogens (tertiary/aromatic N) is 1. The van der Waals surface area contributed by atoms with E-state index < -0.39 is 0 Å². The summed E-state index contributed by atoms with van der Waals surface area (Å²) in [6.45, 7) is 2.70. The maximum atomic E-state index is 5.82. The summed E-state index contributed by atoms with van der Waals surface area (Å²) in [7, 11) is 0. The zero-order chi connectivity index (χ0) is 12.7. The summed E-state index contributed by atoms with van der Waals surface area (Å²) >= 11 is 5.32. The fraction of sp³-hybridized carbons (Fsp3) is 0.357. The maximum absolute atomic E-state index is 5.82. The van der Waals surface area contributed by atoms with E-state index in [4.69, 9.17) is 10.7 Å². The minimum absolute atomic E-state index is 0.608. The Balaban J connectivity index is 2.02. The van der Waals surface area contributed by atoms with Crippen LogP contribution in [0.25, 0.3) is 10.6 Å². The lowest BCUT2D eigenvalue weighted by Crippen LogP contribution is -1.96. The van der Waals surface area contributed by atoms with Crippen molar-refractivity contribution in [2.45, 2.75) is 32.2 Å². The second-order valence-electron chi connectivity index (χ2n) is 4.77. The van der Waals surface area contributed by atoms with Gasteiger partial charge in [0.2, 0.25) is 0 Å². The van der Waals surface area contributed by atoms with Crippen molar-refractivity contribution in [3.8, 4) is 10.6 Å². The summed E-state index contributed by atoms with van der Waals surface area (Å²) in [5, 5.41) is 1.10. The minimum atomic E-state index is 0.608. The monoisotopic (exact) mass is 322 g/mol. The van der Waals surface area contributed by atoms with Gasteiger partial charge in [0.25, 0.3) is 0 Å². The highest BCUT2D eigenvalue weighted by Crippen LogP contribution is 2.44. The normalized spacial score (nSPS) is 15.1.